The number of aromatic nitrogens is 2. The van der Waals surface area contributed by atoms with E-state index in [4.69, 9.17) is 5.73 Å². The zero-order chi connectivity index (χ0) is 14.1. The third kappa shape index (κ3) is 1.95. The number of nitrogens with zero attached hydrogens (tertiary/aromatic N) is 1. The van der Waals surface area contributed by atoms with Crippen LogP contribution in [0.5, 0.6) is 0 Å². The highest BCUT2D eigenvalue weighted by atomic mass is 16.1. The minimum absolute atomic E-state index is 0.193. The molecule has 0 saturated heterocycles. The van der Waals surface area contributed by atoms with E-state index in [-0.39, 0.29) is 22.7 Å². The van der Waals surface area contributed by atoms with Crippen molar-refractivity contribution >= 4 is 22.7 Å². The number of H-pyrrole nitrogens is 1. The fourth-order valence-electron chi connectivity index (χ4n) is 2.08. The number of rotatable bonds is 3. The fraction of sp³-hybridized carbons (Fsp3) is 0. The average molecular weight is 265 g/mol. The van der Waals surface area contributed by atoms with E-state index in [1.807, 2.05) is 24.3 Å². The van der Waals surface area contributed by atoms with Gasteiger partial charge in [-0.15, -0.1) is 0 Å². The smallest absolute Gasteiger partial charge is 0.249 e. The third-order valence-corrected chi connectivity index (χ3v) is 3.04. The van der Waals surface area contributed by atoms with Gasteiger partial charge in [-0.1, -0.05) is 30.3 Å². The molecule has 1 aromatic heterocycles. The van der Waals surface area contributed by atoms with E-state index in [1.165, 1.54) is 6.07 Å². The van der Waals surface area contributed by atoms with Crippen molar-refractivity contribution < 1.29 is 9.59 Å². The van der Waals surface area contributed by atoms with Crippen LogP contribution in [0.4, 0.5) is 0 Å². The van der Waals surface area contributed by atoms with Gasteiger partial charge in [-0.25, -0.2) is 4.98 Å². The highest BCUT2D eigenvalue weighted by Gasteiger charge is 2.19. The number of ketones is 1. The number of aromatic amines is 1. The number of benzene rings is 2. The topological polar surface area (TPSA) is 88.8 Å². The van der Waals surface area contributed by atoms with Crippen molar-refractivity contribution in [1.29, 1.82) is 0 Å². The minimum Gasteiger partial charge on any atom is -0.366 e. The summed E-state index contributed by atoms with van der Waals surface area (Å²) in [6.07, 6.45) is 0. The van der Waals surface area contributed by atoms with E-state index in [2.05, 4.69) is 9.97 Å². The van der Waals surface area contributed by atoms with Crippen molar-refractivity contribution in [2.75, 3.05) is 0 Å². The molecule has 0 aliphatic heterocycles. The molecule has 0 unspecified atom stereocenters. The maximum Gasteiger partial charge on any atom is 0.249 e. The Morgan fingerprint density at radius 1 is 0.950 bits per heavy atom. The second-order valence-electron chi connectivity index (χ2n) is 4.34. The Kier molecular flexibility index (Phi) is 2.80. The highest BCUT2D eigenvalue weighted by molar-refractivity contribution is 6.14. The summed E-state index contributed by atoms with van der Waals surface area (Å²) in [5, 5.41) is 0. The minimum atomic E-state index is -0.634. The predicted octanol–water partition coefficient (Wildman–Crippen LogP) is 1.89. The quantitative estimate of drug-likeness (QED) is 0.709. The lowest BCUT2D eigenvalue weighted by Crippen LogP contribution is -2.17. The monoisotopic (exact) mass is 265 g/mol. The van der Waals surface area contributed by atoms with Gasteiger partial charge < -0.3 is 10.7 Å². The van der Waals surface area contributed by atoms with E-state index < -0.39 is 5.91 Å². The van der Waals surface area contributed by atoms with Gasteiger partial charge in [-0.2, -0.15) is 0 Å². The summed E-state index contributed by atoms with van der Waals surface area (Å²) in [4.78, 5) is 31.0. The fourth-order valence-corrected chi connectivity index (χ4v) is 2.08. The first-order valence-electron chi connectivity index (χ1n) is 6.05. The Labute approximate surface area is 114 Å². The lowest BCUT2D eigenvalue weighted by molar-refractivity contribution is 0.0978. The molecule has 98 valence electrons. The van der Waals surface area contributed by atoms with Gasteiger partial charge in [0.15, 0.2) is 5.82 Å². The number of hydrogen-bond acceptors (Lipinski definition) is 3. The van der Waals surface area contributed by atoms with Gasteiger partial charge in [0.25, 0.3) is 0 Å². The second kappa shape index (κ2) is 4.62. The standard InChI is InChI=1S/C15H11N3O2/c16-14(20)10-6-2-1-5-9(10)13(19)15-17-11-7-3-4-8-12(11)18-15/h1-8H,(H2,16,20)(H,17,18). The summed E-state index contributed by atoms with van der Waals surface area (Å²) in [7, 11) is 0. The van der Waals surface area contributed by atoms with E-state index in [0.717, 1.165) is 5.52 Å². The summed E-state index contributed by atoms with van der Waals surface area (Å²) in [6.45, 7) is 0. The van der Waals surface area contributed by atoms with Gasteiger partial charge in [0.05, 0.1) is 16.6 Å². The van der Waals surface area contributed by atoms with Crippen molar-refractivity contribution in [1.82, 2.24) is 9.97 Å². The Balaban J connectivity index is 2.11. The van der Waals surface area contributed by atoms with Crippen molar-refractivity contribution in [3.63, 3.8) is 0 Å². The van der Waals surface area contributed by atoms with Crippen LogP contribution in [0, 0.1) is 0 Å². The summed E-state index contributed by atoms with van der Waals surface area (Å²) in [5.74, 6) is -0.791. The number of nitrogens with two attached hydrogens (primary N) is 1. The van der Waals surface area contributed by atoms with Crippen LogP contribution in [-0.2, 0) is 0 Å². The summed E-state index contributed by atoms with van der Waals surface area (Å²) < 4.78 is 0. The van der Waals surface area contributed by atoms with Crippen molar-refractivity contribution in [2.45, 2.75) is 0 Å². The molecule has 0 bridgehead atoms. The number of carbonyl (C=O) groups excluding carboxylic acids is 2. The van der Waals surface area contributed by atoms with E-state index in [9.17, 15) is 9.59 Å². The first kappa shape index (κ1) is 12.1. The van der Waals surface area contributed by atoms with Crippen LogP contribution >= 0.6 is 0 Å². The molecule has 0 saturated carbocycles. The molecule has 2 aromatic carbocycles. The van der Waals surface area contributed by atoms with Crippen LogP contribution in [-0.4, -0.2) is 21.7 Å². The molecule has 5 nitrogen and oxygen atoms in total. The molecule has 1 amide bonds. The number of nitrogens with one attached hydrogen (secondary N) is 1. The van der Waals surface area contributed by atoms with Crippen molar-refractivity contribution in [3.05, 3.63) is 65.5 Å². The van der Waals surface area contributed by atoms with Gasteiger partial charge in [-0.3, -0.25) is 9.59 Å². The molecule has 3 N–H and O–H groups in total. The number of carbonyl (C=O) groups is 2. The Morgan fingerprint density at radius 3 is 2.30 bits per heavy atom. The maximum atomic E-state index is 12.4. The molecule has 0 spiro atoms. The Hall–Kier alpha value is -2.95. The highest BCUT2D eigenvalue weighted by Crippen LogP contribution is 2.16. The number of primary amides is 1. The predicted molar refractivity (Wildman–Crippen MR) is 74.5 cm³/mol. The molecular formula is C15H11N3O2. The number of para-hydroxylation sites is 2. The zero-order valence-corrected chi connectivity index (χ0v) is 10.5. The number of imidazole rings is 1. The SMILES string of the molecule is NC(=O)c1ccccc1C(=O)c1nc2ccccc2[nH]1. The third-order valence-electron chi connectivity index (χ3n) is 3.04. The normalized spacial score (nSPS) is 10.6. The molecule has 0 aliphatic rings. The van der Waals surface area contributed by atoms with Gasteiger partial charge in [0, 0.05) is 5.56 Å². The molecule has 20 heavy (non-hydrogen) atoms. The Morgan fingerprint density at radius 2 is 1.60 bits per heavy atom. The van der Waals surface area contributed by atoms with Gasteiger partial charge in [0.1, 0.15) is 0 Å². The zero-order valence-electron chi connectivity index (χ0n) is 10.5. The first-order valence-corrected chi connectivity index (χ1v) is 6.05. The molecule has 0 fully saturated rings. The molecule has 0 aliphatic carbocycles. The lowest BCUT2D eigenvalue weighted by atomic mass is 10.0. The van der Waals surface area contributed by atoms with Crippen LogP contribution in [0.2, 0.25) is 0 Å². The number of amides is 1. The van der Waals surface area contributed by atoms with Crippen LogP contribution < -0.4 is 5.73 Å². The molecular weight excluding hydrogens is 254 g/mol. The van der Waals surface area contributed by atoms with Gasteiger partial charge in [0.2, 0.25) is 11.7 Å². The number of fused-ring (bicyclic) bond motifs is 1. The largest absolute Gasteiger partial charge is 0.366 e. The number of hydrogen-bond donors (Lipinski definition) is 2. The maximum absolute atomic E-state index is 12.4. The Bertz CT molecular complexity index is 788. The summed E-state index contributed by atoms with van der Waals surface area (Å²) in [5.41, 5.74) is 7.20. The molecule has 0 atom stereocenters. The molecule has 3 rings (SSSR count). The average Bonchev–Trinajstić information content (AvgIpc) is 2.90. The van der Waals surface area contributed by atoms with Crippen molar-refractivity contribution in [2.24, 2.45) is 5.73 Å². The van der Waals surface area contributed by atoms with E-state index in [0.29, 0.717) is 5.52 Å². The second-order valence-corrected chi connectivity index (χ2v) is 4.34. The van der Waals surface area contributed by atoms with Crippen LogP contribution in [0.25, 0.3) is 11.0 Å². The van der Waals surface area contributed by atoms with E-state index >= 15 is 0 Å². The molecule has 0 radical (unpaired) electrons. The van der Waals surface area contributed by atoms with Crippen LogP contribution in [0.15, 0.2) is 48.5 Å². The summed E-state index contributed by atoms with van der Waals surface area (Å²) >= 11 is 0. The van der Waals surface area contributed by atoms with Crippen LogP contribution in [0.3, 0.4) is 0 Å². The van der Waals surface area contributed by atoms with Gasteiger partial charge in [-0.05, 0) is 18.2 Å². The molecule has 5 heteroatoms. The van der Waals surface area contributed by atoms with Crippen LogP contribution in [0.1, 0.15) is 26.5 Å². The van der Waals surface area contributed by atoms with Crippen molar-refractivity contribution in [3.8, 4) is 0 Å². The van der Waals surface area contributed by atoms with E-state index in [1.54, 1.807) is 18.2 Å². The lowest BCUT2D eigenvalue weighted by Gasteiger charge is -2.03. The van der Waals surface area contributed by atoms with Gasteiger partial charge >= 0.3 is 0 Å². The first-order chi connectivity index (χ1) is 9.66. The molecule has 1 heterocycles. The molecule has 3 aromatic rings. The summed E-state index contributed by atoms with van der Waals surface area (Å²) in [6, 6.07) is 13.8.